The summed E-state index contributed by atoms with van der Waals surface area (Å²) in [5, 5.41) is 0. The van der Waals surface area contributed by atoms with Gasteiger partial charge >= 0.3 is 6.09 Å². The van der Waals surface area contributed by atoms with Crippen LogP contribution in [-0.2, 0) is 4.74 Å². The van der Waals surface area contributed by atoms with Crippen molar-refractivity contribution in [3.63, 3.8) is 0 Å². The summed E-state index contributed by atoms with van der Waals surface area (Å²) in [6, 6.07) is 0.302. The van der Waals surface area contributed by atoms with Crippen LogP contribution < -0.4 is 0 Å². The molecule has 0 bridgehead atoms. The molecule has 1 saturated heterocycles. The molecular weight excluding hydrogens is 190 g/mol. The number of carbonyl (C=O) groups is 1. The Morgan fingerprint density at radius 1 is 1.69 bits per heavy atom. The Morgan fingerprint density at radius 3 is 3.08 bits per heavy atom. The minimum absolute atomic E-state index is 0.185. The third kappa shape index (κ3) is 2.76. The predicted molar refractivity (Wildman–Crippen MR) is 52.1 cm³/mol. The summed E-state index contributed by atoms with van der Waals surface area (Å²) in [6.45, 7) is 3.09. The fourth-order valence-electron chi connectivity index (χ4n) is 1.71. The summed E-state index contributed by atoms with van der Waals surface area (Å²) in [7, 11) is 0. The molecule has 1 unspecified atom stereocenters. The Kier molecular flexibility index (Phi) is 4.36. The highest BCUT2D eigenvalue weighted by molar-refractivity contribution is 6.17. The van der Waals surface area contributed by atoms with E-state index < -0.39 is 0 Å². The van der Waals surface area contributed by atoms with Crippen molar-refractivity contribution in [2.24, 2.45) is 0 Å². The van der Waals surface area contributed by atoms with Gasteiger partial charge in [-0.05, 0) is 26.2 Å². The number of likely N-dealkylation sites (tertiary alicyclic amines) is 1. The van der Waals surface area contributed by atoms with Gasteiger partial charge in [0.1, 0.15) is 0 Å². The number of ether oxygens (including phenoxy) is 1. The molecule has 13 heavy (non-hydrogen) atoms. The van der Waals surface area contributed by atoms with Crippen molar-refractivity contribution in [1.82, 2.24) is 4.90 Å². The lowest BCUT2D eigenvalue weighted by Crippen LogP contribution is -2.36. The second-order valence-corrected chi connectivity index (χ2v) is 3.54. The minimum Gasteiger partial charge on any atom is -0.450 e. The quantitative estimate of drug-likeness (QED) is 0.662. The van der Waals surface area contributed by atoms with Crippen molar-refractivity contribution >= 4 is 17.7 Å². The summed E-state index contributed by atoms with van der Waals surface area (Å²) in [5.41, 5.74) is 0. The van der Waals surface area contributed by atoms with Gasteiger partial charge in [-0.1, -0.05) is 0 Å². The zero-order chi connectivity index (χ0) is 9.68. The molecule has 0 saturated carbocycles. The van der Waals surface area contributed by atoms with Gasteiger partial charge in [-0.2, -0.15) is 0 Å². The van der Waals surface area contributed by atoms with Crippen molar-refractivity contribution in [3.05, 3.63) is 0 Å². The van der Waals surface area contributed by atoms with Gasteiger partial charge < -0.3 is 9.64 Å². The Balaban J connectivity index is 2.42. The Hall–Kier alpha value is -0.440. The highest BCUT2D eigenvalue weighted by Crippen LogP contribution is 2.21. The zero-order valence-corrected chi connectivity index (χ0v) is 8.72. The van der Waals surface area contributed by atoms with E-state index in [9.17, 15) is 4.79 Å². The van der Waals surface area contributed by atoms with Crippen LogP contribution in [0.5, 0.6) is 0 Å². The molecule has 1 fully saturated rings. The van der Waals surface area contributed by atoms with E-state index in [1.54, 1.807) is 4.90 Å². The highest BCUT2D eigenvalue weighted by atomic mass is 35.5. The lowest BCUT2D eigenvalue weighted by molar-refractivity contribution is 0.102. The minimum atomic E-state index is -0.185. The first-order valence-corrected chi connectivity index (χ1v) is 5.32. The predicted octanol–water partition coefficient (Wildman–Crippen LogP) is 2.24. The number of amides is 1. The number of hydrogen-bond acceptors (Lipinski definition) is 2. The van der Waals surface area contributed by atoms with Gasteiger partial charge in [0.05, 0.1) is 6.61 Å². The number of rotatable bonds is 3. The van der Waals surface area contributed by atoms with Crippen molar-refractivity contribution in [1.29, 1.82) is 0 Å². The van der Waals surface area contributed by atoms with Crippen LogP contribution in [0.25, 0.3) is 0 Å². The summed E-state index contributed by atoms with van der Waals surface area (Å²) < 4.78 is 4.95. The van der Waals surface area contributed by atoms with Crippen LogP contribution >= 0.6 is 11.6 Å². The van der Waals surface area contributed by atoms with Gasteiger partial charge in [0.2, 0.25) is 0 Å². The molecule has 0 spiro atoms. The van der Waals surface area contributed by atoms with Crippen molar-refractivity contribution in [3.8, 4) is 0 Å². The van der Waals surface area contributed by atoms with Crippen molar-refractivity contribution < 1.29 is 9.53 Å². The molecule has 1 amide bonds. The molecule has 0 aromatic carbocycles. The van der Waals surface area contributed by atoms with Crippen LogP contribution in [0.15, 0.2) is 0 Å². The van der Waals surface area contributed by atoms with Gasteiger partial charge in [-0.15, -0.1) is 11.6 Å². The van der Waals surface area contributed by atoms with Crippen molar-refractivity contribution in [2.45, 2.75) is 32.2 Å². The Morgan fingerprint density at radius 2 is 2.46 bits per heavy atom. The summed E-state index contributed by atoms with van der Waals surface area (Å²) in [5.74, 6) is 0.612. The van der Waals surface area contributed by atoms with Crippen LogP contribution in [0.3, 0.4) is 0 Å². The molecule has 1 rings (SSSR count). The number of hydrogen-bond donors (Lipinski definition) is 0. The highest BCUT2D eigenvalue weighted by Gasteiger charge is 2.28. The number of nitrogens with zero attached hydrogens (tertiary/aromatic N) is 1. The average molecular weight is 206 g/mol. The first kappa shape index (κ1) is 10.6. The second kappa shape index (κ2) is 5.32. The number of halogens is 1. The van der Waals surface area contributed by atoms with Crippen LogP contribution in [-0.4, -0.2) is 36.1 Å². The SMILES string of the molecule is CCOC(=O)N1CCCC1CCCl. The molecule has 0 radical (unpaired) electrons. The molecule has 76 valence electrons. The topological polar surface area (TPSA) is 29.5 Å². The van der Waals surface area contributed by atoms with Gasteiger partial charge in [-0.25, -0.2) is 4.79 Å². The van der Waals surface area contributed by atoms with E-state index in [0.717, 1.165) is 25.8 Å². The number of alkyl halides is 1. The molecule has 1 aliphatic rings. The summed E-state index contributed by atoms with van der Waals surface area (Å²) in [4.78, 5) is 13.2. The number of carbonyl (C=O) groups excluding carboxylic acids is 1. The van der Waals surface area contributed by atoms with Gasteiger partial charge in [0, 0.05) is 18.5 Å². The van der Waals surface area contributed by atoms with E-state index in [-0.39, 0.29) is 6.09 Å². The second-order valence-electron chi connectivity index (χ2n) is 3.17. The molecule has 0 aromatic rings. The third-order valence-corrected chi connectivity index (χ3v) is 2.54. The third-order valence-electron chi connectivity index (χ3n) is 2.32. The van der Waals surface area contributed by atoms with E-state index in [1.807, 2.05) is 6.92 Å². The smallest absolute Gasteiger partial charge is 0.409 e. The molecule has 1 aliphatic heterocycles. The maximum absolute atomic E-state index is 11.4. The molecule has 4 heteroatoms. The Labute approximate surface area is 84.0 Å². The summed E-state index contributed by atoms with van der Waals surface area (Å²) in [6.07, 6.45) is 2.82. The zero-order valence-electron chi connectivity index (χ0n) is 7.96. The lowest BCUT2D eigenvalue weighted by Gasteiger charge is -2.22. The average Bonchev–Trinajstić information content (AvgIpc) is 2.54. The monoisotopic (exact) mass is 205 g/mol. The van der Waals surface area contributed by atoms with Gasteiger partial charge in [-0.3, -0.25) is 0 Å². The van der Waals surface area contributed by atoms with Gasteiger partial charge in [0.25, 0.3) is 0 Å². The fraction of sp³-hybridized carbons (Fsp3) is 0.889. The first-order chi connectivity index (χ1) is 6.29. The van der Waals surface area contributed by atoms with Crippen LogP contribution in [0.1, 0.15) is 26.2 Å². The lowest BCUT2D eigenvalue weighted by atomic mass is 10.2. The molecule has 0 aliphatic carbocycles. The van der Waals surface area contributed by atoms with Crippen LogP contribution in [0.4, 0.5) is 4.79 Å². The van der Waals surface area contributed by atoms with Crippen molar-refractivity contribution in [2.75, 3.05) is 19.0 Å². The molecule has 1 heterocycles. The standard InChI is InChI=1S/C9H16ClNO2/c1-2-13-9(12)11-7-3-4-8(11)5-6-10/h8H,2-7H2,1H3. The van der Waals surface area contributed by atoms with E-state index in [0.29, 0.717) is 18.5 Å². The van der Waals surface area contributed by atoms with E-state index in [4.69, 9.17) is 16.3 Å². The normalized spacial score (nSPS) is 22.0. The summed E-state index contributed by atoms with van der Waals surface area (Å²) >= 11 is 5.65. The molecule has 3 nitrogen and oxygen atoms in total. The first-order valence-electron chi connectivity index (χ1n) is 4.79. The fourth-order valence-corrected chi connectivity index (χ4v) is 1.96. The molecular formula is C9H16ClNO2. The Bertz CT molecular complexity index is 175. The molecule has 1 atom stereocenters. The maximum atomic E-state index is 11.4. The van der Waals surface area contributed by atoms with E-state index in [1.165, 1.54) is 0 Å². The van der Waals surface area contributed by atoms with E-state index in [2.05, 4.69) is 0 Å². The van der Waals surface area contributed by atoms with E-state index >= 15 is 0 Å². The van der Waals surface area contributed by atoms with Crippen LogP contribution in [0, 0.1) is 0 Å². The largest absolute Gasteiger partial charge is 0.450 e. The molecule has 0 N–H and O–H groups in total. The molecule has 0 aromatic heterocycles. The van der Waals surface area contributed by atoms with Crippen LogP contribution in [0.2, 0.25) is 0 Å². The maximum Gasteiger partial charge on any atom is 0.409 e. The van der Waals surface area contributed by atoms with Gasteiger partial charge in [0.15, 0.2) is 0 Å².